The Hall–Kier alpha value is -1.55. The van der Waals surface area contributed by atoms with E-state index in [1.165, 1.54) is 0 Å². The average Bonchev–Trinajstić information content (AvgIpc) is 2.48. The van der Waals surface area contributed by atoms with Crippen LogP contribution in [0, 0.1) is 0 Å². The summed E-state index contributed by atoms with van der Waals surface area (Å²) < 4.78 is 16.7. The first-order chi connectivity index (χ1) is 9.28. The summed E-state index contributed by atoms with van der Waals surface area (Å²) in [5.74, 6) is 1.08. The van der Waals surface area contributed by atoms with E-state index in [2.05, 4.69) is 0 Å². The number of aldehydes is 1. The van der Waals surface area contributed by atoms with Gasteiger partial charge in [-0.05, 0) is 37.0 Å². The molecule has 1 aliphatic rings. The Kier molecular flexibility index (Phi) is 4.80. The van der Waals surface area contributed by atoms with Crippen LogP contribution in [0.25, 0.3) is 0 Å². The van der Waals surface area contributed by atoms with Gasteiger partial charge in [-0.15, -0.1) is 0 Å². The fourth-order valence-electron chi connectivity index (χ4n) is 2.19. The molecular weight excluding hydrogens is 244 g/mol. The molecule has 1 aromatic carbocycles. The van der Waals surface area contributed by atoms with Crippen molar-refractivity contribution in [1.82, 2.24) is 0 Å². The molecule has 1 heterocycles. The van der Waals surface area contributed by atoms with Crippen LogP contribution in [0.4, 0.5) is 0 Å². The lowest BCUT2D eigenvalue weighted by atomic mass is 10.1. The summed E-state index contributed by atoms with van der Waals surface area (Å²) in [7, 11) is 1.58. The number of hydrogen-bond donors (Lipinski definition) is 0. The third kappa shape index (κ3) is 3.26. The van der Waals surface area contributed by atoms with Crippen LogP contribution >= 0.6 is 0 Å². The summed E-state index contributed by atoms with van der Waals surface area (Å²) in [4.78, 5) is 11.2. The first kappa shape index (κ1) is 13.9. The molecule has 0 saturated carbocycles. The van der Waals surface area contributed by atoms with Crippen molar-refractivity contribution < 1.29 is 19.0 Å². The molecule has 0 N–H and O–H groups in total. The summed E-state index contributed by atoms with van der Waals surface area (Å²) >= 11 is 0. The van der Waals surface area contributed by atoms with E-state index >= 15 is 0 Å². The third-order valence-corrected chi connectivity index (χ3v) is 3.29. The topological polar surface area (TPSA) is 44.8 Å². The number of aryl methyl sites for hydroxylation is 1. The summed E-state index contributed by atoms with van der Waals surface area (Å²) in [6, 6.07) is 3.75. The van der Waals surface area contributed by atoms with Gasteiger partial charge in [0.25, 0.3) is 0 Å². The molecule has 0 bridgehead atoms. The quantitative estimate of drug-likeness (QED) is 0.767. The number of rotatable bonds is 5. The van der Waals surface area contributed by atoms with E-state index in [-0.39, 0.29) is 6.29 Å². The van der Waals surface area contributed by atoms with Crippen LogP contribution in [0.5, 0.6) is 11.5 Å². The van der Waals surface area contributed by atoms with Gasteiger partial charge in [0.2, 0.25) is 0 Å². The minimum absolute atomic E-state index is 0.283. The highest BCUT2D eigenvalue weighted by molar-refractivity contribution is 5.81. The molecule has 1 fully saturated rings. The van der Waals surface area contributed by atoms with Gasteiger partial charge >= 0.3 is 0 Å². The lowest BCUT2D eigenvalue weighted by Crippen LogP contribution is -2.25. The van der Waals surface area contributed by atoms with E-state index in [9.17, 15) is 4.79 Å². The highest BCUT2D eigenvalue weighted by Crippen LogP contribution is 2.34. The van der Waals surface area contributed by atoms with E-state index in [0.717, 1.165) is 37.5 Å². The number of ether oxygens (including phenoxy) is 3. The molecule has 1 atom stereocenters. The molecule has 1 aliphatic heterocycles. The monoisotopic (exact) mass is 264 g/mol. The van der Waals surface area contributed by atoms with Crippen molar-refractivity contribution >= 4 is 6.29 Å². The highest BCUT2D eigenvalue weighted by atomic mass is 16.7. The van der Waals surface area contributed by atoms with Crippen molar-refractivity contribution in [3.05, 3.63) is 23.3 Å². The normalized spacial score (nSPS) is 18.9. The smallest absolute Gasteiger partial charge is 0.200 e. The minimum atomic E-state index is -0.283. The predicted octanol–water partition coefficient (Wildman–Crippen LogP) is 2.98. The Morgan fingerprint density at radius 1 is 1.42 bits per heavy atom. The first-order valence-electron chi connectivity index (χ1n) is 6.72. The fraction of sp³-hybridized carbons (Fsp3) is 0.533. The van der Waals surface area contributed by atoms with Crippen molar-refractivity contribution in [1.29, 1.82) is 0 Å². The van der Waals surface area contributed by atoms with Gasteiger partial charge in [0, 0.05) is 6.42 Å². The van der Waals surface area contributed by atoms with Crippen LogP contribution in [0.3, 0.4) is 0 Å². The molecule has 104 valence electrons. The van der Waals surface area contributed by atoms with Gasteiger partial charge in [-0.1, -0.05) is 6.92 Å². The Labute approximate surface area is 113 Å². The fourth-order valence-corrected chi connectivity index (χ4v) is 2.19. The molecular formula is C15H20O4. The summed E-state index contributed by atoms with van der Waals surface area (Å²) in [6.45, 7) is 2.74. The molecule has 0 spiro atoms. The van der Waals surface area contributed by atoms with Gasteiger partial charge in [0.05, 0.1) is 19.3 Å². The lowest BCUT2D eigenvalue weighted by molar-refractivity contribution is -0.106. The molecule has 4 heteroatoms. The summed E-state index contributed by atoms with van der Waals surface area (Å²) in [6.07, 6.45) is 4.35. The van der Waals surface area contributed by atoms with E-state index in [1.54, 1.807) is 7.11 Å². The zero-order valence-corrected chi connectivity index (χ0v) is 11.5. The number of carbonyl (C=O) groups is 1. The van der Waals surface area contributed by atoms with Crippen LogP contribution in [0.15, 0.2) is 12.1 Å². The first-order valence-corrected chi connectivity index (χ1v) is 6.72. The van der Waals surface area contributed by atoms with Crippen LogP contribution < -0.4 is 9.47 Å². The maximum Gasteiger partial charge on any atom is 0.200 e. The Morgan fingerprint density at radius 3 is 2.84 bits per heavy atom. The van der Waals surface area contributed by atoms with Crippen LogP contribution in [-0.2, 0) is 11.2 Å². The number of methoxy groups -OCH3 is 1. The minimum Gasteiger partial charge on any atom is -0.493 e. The molecule has 0 aliphatic carbocycles. The number of hydrogen-bond acceptors (Lipinski definition) is 4. The van der Waals surface area contributed by atoms with Crippen molar-refractivity contribution in [3.8, 4) is 11.5 Å². The predicted molar refractivity (Wildman–Crippen MR) is 72.0 cm³/mol. The second-order valence-electron chi connectivity index (χ2n) is 4.60. The van der Waals surface area contributed by atoms with Crippen molar-refractivity contribution in [2.45, 2.75) is 38.9 Å². The third-order valence-electron chi connectivity index (χ3n) is 3.29. The van der Waals surface area contributed by atoms with E-state index in [0.29, 0.717) is 23.7 Å². The molecule has 19 heavy (non-hydrogen) atoms. The van der Waals surface area contributed by atoms with Crippen LogP contribution in [0.2, 0.25) is 0 Å². The largest absolute Gasteiger partial charge is 0.493 e. The second kappa shape index (κ2) is 6.57. The Balaban J connectivity index is 2.28. The zero-order valence-electron chi connectivity index (χ0n) is 11.5. The lowest BCUT2D eigenvalue weighted by Gasteiger charge is -2.25. The number of benzene rings is 1. The SMILES string of the molecule is CCc1cc(C=O)c(OC2CCCCO2)c(OC)c1. The average molecular weight is 264 g/mol. The molecule has 1 saturated heterocycles. The molecule has 0 aromatic heterocycles. The molecule has 2 rings (SSSR count). The van der Waals surface area contributed by atoms with Gasteiger partial charge in [-0.25, -0.2) is 0 Å². The van der Waals surface area contributed by atoms with Gasteiger partial charge in [0.15, 0.2) is 24.1 Å². The van der Waals surface area contributed by atoms with Crippen molar-refractivity contribution in [2.75, 3.05) is 13.7 Å². The van der Waals surface area contributed by atoms with Crippen LogP contribution in [-0.4, -0.2) is 26.3 Å². The molecule has 1 unspecified atom stereocenters. The highest BCUT2D eigenvalue weighted by Gasteiger charge is 2.20. The van der Waals surface area contributed by atoms with Gasteiger partial charge in [0.1, 0.15) is 0 Å². The molecule has 0 radical (unpaired) electrons. The molecule has 0 amide bonds. The zero-order chi connectivity index (χ0) is 13.7. The number of carbonyl (C=O) groups excluding carboxylic acids is 1. The Morgan fingerprint density at radius 2 is 2.26 bits per heavy atom. The van der Waals surface area contributed by atoms with Crippen LogP contribution in [0.1, 0.15) is 42.1 Å². The second-order valence-corrected chi connectivity index (χ2v) is 4.60. The maximum absolute atomic E-state index is 11.2. The van der Waals surface area contributed by atoms with Crippen molar-refractivity contribution in [3.63, 3.8) is 0 Å². The standard InChI is InChI=1S/C15H20O4/c1-3-11-8-12(10-16)15(13(9-11)17-2)19-14-6-4-5-7-18-14/h8-10,14H,3-7H2,1-2H3. The maximum atomic E-state index is 11.2. The molecule has 1 aromatic rings. The van der Waals surface area contributed by atoms with E-state index in [4.69, 9.17) is 14.2 Å². The summed E-state index contributed by atoms with van der Waals surface area (Å²) in [5, 5.41) is 0. The van der Waals surface area contributed by atoms with E-state index < -0.39 is 0 Å². The van der Waals surface area contributed by atoms with E-state index in [1.807, 2.05) is 19.1 Å². The van der Waals surface area contributed by atoms with Gasteiger partial charge in [-0.3, -0.25) is 4.79 Å². The Bertz CT molecular complexity index is 436. The van der Waals surface area contributed by atoms with Gasteiger partial charge in [-0.2, -0.15) is 0 Å². The van der Waals surface area contributed by atoms with Crippen molar-refractivity contribution in [2.24, 2.45) is 0 Å². The van der Waals surface area contributed by atoms with Gasteiger partial charge < -0.3 is 14.2 Å². The molecule has 4 nitrogen and oxygen atoms in total. The summed E-state index contributed by atoms with van der Waals surface area (Å²) in [5.41, 5.74) is 1.57.